The summed E-state index contributed by atoms with van der Waals surface area (Å²) < 4.78 is 24.5. The molecule has 0 N–H and O–H groups in total. The fourth-order valence-corrected chi connectivity index (χ4v) is 5.06. The summed E-state index contributed by atoms with van der Waals surface area (Å²) in [6, 6.07) is 11.7. The predicted molar refractivity (Wildman–Crippen MR) is 103 cm³/mol. The highest BCUT2D eigenvalue weighted by Gasteiger charge is 2.25. The summed E-state index contributed by atoms with van der Waals surface area (Å²) in [7, 11) is -3.18. The molecule has 1 amide bonds. The topological polar surface area (TPSA) is 57.7 Å². The molecule has 0 aliphatic carbocycles. The maximum atomic E-state index is 12.5. The van der Waals surface area contributed by atoms with Gasteiger partial charge in [-0.1, -0.05) is 35.9 Å². The number of hydrogen-bond acceptors (Lipinski definition) is 4. The van der Waals surface area contributed by atoms with Crippen LogP contribution in [-0.4, -0.2) is 61.7 Å². The minimum absolute atomic E-state index is 0.0159. The van der Waals surface area contributed by atoms with Crippen molar-refractivity contribution >= 4 is 50.1 Å². The molecule has 0 aromatic heterocycles. The average Bonchev–Trinajstić information content (AvgIpc) is 2.59. The van der Waals surface area contributed by atoms with E-state index in [1.165, 1.54) is 22.3 Å². The van der Waals surface area contributed by atoms with Gasteiger partial charge in [0.05, 0.1) is 12.0 Å². The number of carbonyl (C=O) groups is 1. The highest BCUT2D eigenvalue weighted by molar-refractivity contribution is 8.00. The first-order valence-corrected chi connectivity index (χ1v) is 11.1. The van der Waals surface area contributed by atoms with Gasteiger partial charge in [0.15, 0.2) is 0 Å². The van der Waals surface area contributed by atoms with E-state index >= 15 is 0 Å². The molecule has 5 nitrogen and oxygen atoms in total. The number of nitrogens with zero attached hydrogens (tertiary/aromatic N) is 2. The summed E-state index contributed by atoms with van der Waals surface area (Å²) in [5, 5.41) is 2.69. The van der Waals surface area contributed by atoms with Gasteiger partial charge in [-0.25, -0.2) is 8.42 Å². The Morgan fingerprint density at radius 2 is 1.76 bits per heavy atom. The fraction of sp³-hybridized carbons (Fsp3) is 0.353. The van der Waals surface area contributed by atoms with Crippen molar-refractivity contribution in [2.75, 3.05) is 38.2 Å². The Labute approximate surface area is 157 Å². The van der Waals surface area contributed by atoms with Crippen LogP contribution in [0.25, 0.3) is 10.8 Å². The van der Waals surface area contributed by atoms with E-state index in [2.05, 4.69) is 0 Å². The summed E-state index contributed by atoms with van der Waals surface area (Å²) in [5.41, 5.74) is 0. The van der Waals surface area contributed by atoms with Crippen LogP contribution in [0.4, 0.5) is 0 Å². The van der Waals surface area contributed by atoms with Crippen molar-refractivity contribution in [1.82, 2.24) is 9.21 Å². The van der Waals surface area contributed by atoms with Crippen molar-refractivity contribution in [3.63, 3.8) is 0 Å². The molecule has 0 saturated carbocycles. The van der Waals surface area contributed by atoms with Gasteiger partial charge in [-0.05, 0) is 17.5 Å². The molecule has 0 bridgehead atoms. The average molecular weight is 399 g/mol. The van der Waals surface area contributed by atoms with E-state index in [1.54, 1.807) is 4.90 Å². The molecular weight excluding hydrogens is 380 g/mol. The second kappa shape index (κ2) is 7.53. The molecule has 1 aliphatic heterocycles. The van der Waals surface area contributed by atoms with E-state index in [1.807, 2.05) is 36.4 Å². The zero-order valence-corrected chi connectivity index (χ0v) is 16.2. The van der Waals surface area contributed by atoms with Gasteiger partial charge in [0.1, 0.15) is 0 Å². The molecule has 2 aromatic carbocycles. The third-order valence-corrected chi connectivity index (χ3v) is 6.89. The van der Waals surface area contributed by atoms with E-state index in [0.717, 1.165) is 15.7 Å². The lowest BCUT2D eigenvalue weighted by atomic mass is 10.1. The Kier molecular flexibility index (Phi) is 5.58. The van der Waals surface area contributed by atoms with E-state index in [-0.39, 0.29) is 5.91 Å². The van der Waals surface area contributed by atoms with E-state index in [9.17, 15) is 13.2 Å². The number of sulfonamides is 1. The predicted octanol–water partition coefficient (Wildman–Crippen LogP) is 2.69. The molecule has 134 valence electrons. The van der Waals surface area contributed by atoms with Crippen molar-refractivity contribution in [1.29, 1.82) is 0 Å². The summed E-state index contributed by atoms with van der Waals surface area (Å²) in [5.74, 6) is 0.325. The molecule has 2 aromatic rings. The second-order valence-corrected chi connectivity index (χ2v) is 9.33. The zero-order chi connectivity index (χ0) is 18.0. The number of benzene rings is 2. The molecule has 25 heavy (non-hydrogen) atoms. The number of piperazine rings is 1. The standard InChI is InChI=1S/C17H19ClN2O3S2/c1-25(22,23)20-10-8-19(9-11-20)16(21)12-24-15-7-3-5-13-4-2-6-14(18)17(13)15/h2-7H,8-12H2,1H3. The Balaban J connectivity index is 1.64. The number of amides is 1. The molecule has 8 heteroatoms. The second-order valence-electron chi connectivity index (χ2n) is 5.93. The van der Waals surface area contributed by atoms with Gasteiger partial charge in [-0.2, -0.15) is 4.31 Å². The van der Waals surface area contributed by atoms with Gasteiger partial charge < -0.3 is 4.90 Å². The molecule has 1 saturated heterocycles. The zero-order valence-electron chi connectivity index (χ0n) is 13.8. The van der Waals surface area contributed by atoms with Crippen LogP contribution in [0, 0.1) is 0 Å². The maximum absolute atomic E-state index is 12.5. The molecule has 0 unspecified atom stereocenters. The van der Waals surface area contributed by atoms with Gasteiger partial charge in [0.25, 0.3) is 0 Å². The van der Waals surface area contributed by atoms with Crippen molar-refractivity contribution < 1.29 is 13.2 Å². The maximum Gasteiger partial charge on any atom is 0.233 e. The van der Waals surface area contributed by atoms with Crippen molar-refractivity contribution in [2.24, 2.45) is 0 Å². The number of thioether (sulfide) groups is 1. The normalized spacial score (nSPS) is 16.3. The Morgan fingerprint density at radius 1 is 1.12 bits per heavy atom. The summed E-state index contributed by atoms with van der Waals surface area (Å²) in [4.78, 5) is 15.2. The first-order chi connectivity index (χ1) is 11.9. The van der Waals surface area contributed by atoms with Crippen LogP contribution in [0.3, 0.4) is 0 Å². The highest BCUT2D eigenvalue weighted by atomic mass is 35.5. The molecule has 0 radical (unpaired) electrons. The first-order valence-electron chi connectivity index (χ1n) is 7.89. The van der Waals surface area contributed by atoms with E-state index < -0.39 is 10.0 Å². The van der Waals surface area contributed by atoms with Crippen LogP contribution in [0.1, 0.15) is 0 Å². The molecule has 1 fully saturated rings. The Morgan fingerprint density at radius 3 is 2.40 bits per heavy atom. The lowest BCUT2D eigenvalue weighted by Crippen LogP contribution is -2.50. The van der Waals surface area contributed by atoms with Crippen LogP contribution in [-0.2, 0) is 14.8 Å². The number of carbonyl (C=O) groups excluding carboxylic acids is 1. The van der Waals surface area contributed by atoms with Crippen LogP contribution >= 0.6 is 23.4 Å². The van der Waals surface area contributed by atoms with Crippen molar-refractivity contribution in [3.8, 4) is 0 Å². The molecule has 1 heterocycles. The fourth-order valence-electron chi connectivity index (χ4n) is 2.88. The molecule has 3 rings (SSSR count). The summed E-state index contributed by atoms with van der Waals surface area (Å²) in [6.45, 7) is 1.58. The van der Waals surface area contributed by atoms with Crippen LogP contribution < -0.4 is 0 Å². The minimum Gasteiger partial charge on any atom is -0.339 e. The van der Waals surface area contributed by atoms with Crippen LogP contribution in [0.15, 0.2) is 41.3 Å². The Bertz CT molecular complexity index is 889. The molecule has 0 atom stereocenters. The minimum atomic E-state index is -3.18. The lowest BCUT2D eigenvalue weighted by molar-refractivity contribution is -0.129. The van der Waals surface area contributed by atoms with Gasteiger partial charge in [-0.3, -0.25) is 4.79 Å². The van der Waals surface area contributed by atoms with Gasteiger partial charge in [-0.15, -0.1) is 11.8 Å². The smallest absolute Gasteiger partial charge is 0.233 e. The molecular formula is C17H19ClN2O3S2. The Hall–Kier alpha value is -1.28. The number of hydrogen-bond donors (Lipinski definition) is 0. The van der Waals surface area contributed by atoms with Crippen molar-refractivity contribution in [3.05, 3.63) is 41.4 Å². The van der Waals surface area contributed by atoms with Crippen LogP contribution in [0.5, 0.6) is 0 Å². The van der Waals surface area contributed by atoms with Crippen molar-refractivity contribution in [2.45, 2.75) is 4.90 Å². The third-order valence-electron chi connectivity index (χ3n) is 4.23. The van der Waals surface area contributed by atoms with Gasteiger partial charge >= 0.3 is 0 Å². The number of halogens is 1. The molecule has 1 aliphatic rings. The highest BCUT2D eigenvalue weighted by Crippen LogP contribution is 2.33. The monoisotopic (exact) mass is 398 g/mol. The lowest BCUT2D eigenvalue weighted by Gasteiger charge is -2.33. The first kappa shape index (κ1) is 18.5. The van der Waals surface area contributed by atoms with E-state index in [0.29, 0.717) is 37.0 Å². The van der Waals surface area contributed by atoms with Gasteiger partial charge in [0, 0.05) is 41.5 Å². The largest absolute Gasteiger partial charge is 0.339 e. The third kappa shape index (κ3) is 4.28. The van der Waals surface area contributed by atoms with E-state index in [4.69, 9.17) is 11.6 Å². The number of fused-ring (bicyclic) bond motifs is 1. The van der Waals surface area contributed by atoms with Crippen LogP contribution in [0.2, 0.25) is 5.02 Å². The quantitative estimate of drug-likeness (QED) is 0.743. The summed E-state index contributed by atoms with van der Waals surface area (Å²) >= 11 is 7.78. The SMILES string of the molecule is CS(=O)(=O)N1CCN(C(=O)CSc2cccc3cccc(Cl)c23)CC1. The number of rotatable bonds is 4. The summed E-state index contributed by atoms with van der Waals surface area (Å²) in [6.07, 6.45) is 1.20. The molecule has 0 spiro atoms. The van der Waals surface area contributed by atoms with Gasteiger partial charge in [0.2, 0.25) is 15.9 Å².